The van der Waals surface area contributed by atoms with Crippen molar-refractivity contribution in [2.24, 2.45) is 11.1 Å². The highest BCUT2D eigenvalue weighted by Gasteiger charge is 2.63. The minimum Gasteiger partial charge on any atom is -0.368 e. The second kappa shape index (κ2) is 6.51. The second-order valence-corrected chi connectivity index (χ2v) is 7.69. The summed E-state index contributed by atoms with van der Waals surface area (Å²) in [5, 5.41) is 9.81. The molecular formula is C21H19F2N5O2. The van der Waals surface area contributed by atoms with Crippen LogP contribution in [-0.2, 0) is 4.84 Å². The summed E-state index contributed by atoms with van der Waals surface area (Å²) in [5.74, 6) is -3.51. The SMILES string of the molecule is Cc1cc(C)c(C2=NOC([C@@H]3CC3(F)F)N2)cc1NC(=O)c1cnc2ccccn12. The Morgan fingerprint density at radius 3 is 2.87 bits per heavy atom. The molecule has 1 amide bonds. The fourth-order valence-corrected chi connectivity index (χ4v) is 3.69. The molecule has 154 valence electrons. The number of oxime groups is 1. The van der Waals surface area contributed by atoms with E-state index in [2.05, 4.69) is 20.8 Å². The van der Waals surface area contributed by atoms with Crippen LogP contribution >= 0.6 is 0 Å². The maximum absolute atomic E-state index is 13.3. The maximum atomic E-state index is 13.3. The van der Waals surface area contributed by atoms with Gasteiger partial charge in [-0.25, -0.2) is 13.8 Å². The highest BCUT2D eigenvalue weighted by Crippen LogP contribution is 2.51. The number of carbonyl (C=O) groups excluding carboxylic acids is 1. The molecule has 1 aliphatic carbocycles. The van der Waals surface area contributed by atoms with Gasteiger partial charge in [0.15, 0.2) is 5.84 Å². The minimum absolute atomic E-state index is 0.207. The smallest absolute Gasteiger partial charge is 0.274 e. The van der Waals surface area contributed by atoms with Gasteiger partial charge in [0.25, 0.3) is 11.8 Å². The van der Waals surface area contributed by atoms with Crippen molar-refractivity contribution in [3.8, 4) is 0 Å². The van der Waals surface area contributed by atoms with Crippen LogP contribution in [0.2, 0.25) is 0 Å². The molecule has 2 aliphatic rings. The Bertz CT molecular complexity index is 1200. The Labute approximate surface area is 170 Å². The van der Waals surface area contributed by atoms with E-state index in [-0.39, 0.29) is 12.3 Å². The number of benzene rings is 1. The van der Waals surface area contributed by atoms with Crippen molar-refractivity contribution in [3.05, 3.63) is 65.1 Å². The van der Waals surface area contributed by atoms with Crippen LogP contribution in [0, 0.1) is 19.8 Å². The first-order valence-corrected chi connectivity index (χ1v) is 9.57. The van der Waals surface area contributed by atoms with Gasteiger partial charge in [0, 0.05) is 23.9 Å². The summed E-state index contributed by atoms with van der Waals surface area (Å²) in [7, 11) is 0. The number of rotatable bonds is 4. The molecule has 1 saturated carbocycles. The number of carbonyl (C=O) groups is 1. The average Bonchev–Trinajstić information content (AvgIpc) is 3.08. The first-order valence-electron chi connectivity index (χ1n) is 9.57. The molecule has 1 unspecified atom stereocenters. The third-order valence-corrected chi connectivity index (χ3v) is 5.50. The first kappa shape index (κ1) is 18.5. The van der Waals surface area contributed by atoms with Crippen molar-refractivity contribution in [1.82, 2.24) is 14.7 Å². The number of nitrogens with zero attached hydrogens (tertiary/aromatic N) is 3. The van der Waals surface area contributed by atoms with E-state index in [1.807, 2.05) is 38.1 Å². The number of amidine groups is 1. The highest BCUT2D eigenvalue weighted by atomic mass is 19.3. The number of imidazole rings is 1. The van der Waals surface area contributed by atoms with E-state index in [0.29, 0.717) is 28.4 Å². The molecule has 3 heterocycles. The van der Waals surface area contributed by atoms with Crippen LogP contribution in [0.1, 0.15) is 33.6 Å². The number of amides is 1. The summed E-state index contributed by atoms with van der Waals surface area (Å²) >= 11 is 0. The van der Waals surface area contributed by atoms with Gasteiger partial charge in [-0.3, -0.25) is 9.20 Å². The summed E-state index contributed by atoms with van der Waals surface area (Å²) < 4.78 is 28.4. The van der Waals surface area contributed by atoms with E-state index < -0.39 is 18.1 Å². The maximum Gasteiger partial charge on any atom is 0.274 e. The molecule has 3 aromatic rings. The van der Waals surface area contributed by atoms with Crippen molar-refractivity contribution in [1.29, 1.82) is 0 Å². The lowest BCUT2D eigenvalue weighted by atomic mass is 10.0. The van der Waals surface area contributed by atoms with Gasteiger partial charge >= 0.3 is 0 Å². The summed E-state index contributed by atoms with van der Waals surface area (Å²) in [6.07, 6.45) is 2.24. The number of fused-ring (bicyclic) bond motifs is 1. The Hall–Kier alpha value is -3.49. The summed E-state index contributed by atoms with van der Waals surface area (Å²) in [4.78, 5) is 22.3. The lowest BCUT2D eigenvalue weighted by Gasteiger charge is -2.14. The largest absolute Gasteiger partial charge is 0.368 e. The normalized spacial score (nSPS) is 21.7. The van der Waals surface area contributed by atoms with Gasteiger partial charge in [0.05, 0.1) is 12.1 Å². The molecule has 1 aromatic carbocycles. The van der Waals surface area contributed by atoms with Gasteiger partial charge in [-0.2, -0.15) is 0 Å². The fourth-order valence-electron chi connectivity index (χ4n) is 3.69. The van der Waals surface area contributed by atoms with Crippen LogP contribution < -0.4 is 10.6 Å². The second-order valence-electron chi connectivity index (χ2n) is 7.69. The Balaban J connectivity index is 1.39. The average molecular weight is 411 g/mol. The number of nitrogens with one attached hydrogen (secondary N) is 2. The lowest BCUT2D eigenvalue weighted by Crippen LogP contribution is -2.33. The topological polar surface area (TPSA) is 80.0 Å². The molecule has 2 aromatic heterocycles. The Morgan fingerprint density at radius 2 is 2.10 bits per heavy atom. The van der Waals surface area contributed by atoms with Crippen LogP contribution in [0.4, 0.5) is 14.5 Å². The number of aromatic nitrogens is 2. The van der Waals surface area contributed by atoms with Crippen LogP contribution in [-0.4, -0.2) is 33.3 Å². The van der Waals surface area contributed by atoms with Crippen LogP contribution in [0.5, 0.6) is 0 Å². The van der Waals surface area contributed by atoms with Crippen molar-refractivity contribution in [2.75, 3.05) is 5.32 Å². The highest BCUT2D eigenvalue weighted by molar-refractivity contribution is 6.06. The van der Waals surface area contributed by atoms with E-state index in [1.165, 1.54) is 6.20 Å². The van der Waals surface area contributed by atoms with Gasteiger partial charge in [-0.1, -0.05) is 17.3 Å². The monoisotopic (exact) mass is 411 g/mol. The number of halogens is 2. The molecule has 1 aliphatic heterocycles. The quantitative estimate of drug-likeness (QED) is 0.689. The zero-order valence-electron chi connectivity index (χ0n) is 16.3. The molecule has 7 nitrogen and oxygen atoms in total. The van der Waals surface area contributed by atoms with E-state index >= 15 is 0 Å². The van der Waals surface area contributed by atoms with Crippen LogP contribution in [0.25, 0.3) is 5.65 Å². The molecular weight excluding hydrogens is 392 g/mol. The van der Waals surface area contributed by atoms with Crippen molar-refractivity contribution in [2.45, 2.75) is 32.4 Å². The molecule has 5 rings (SSSR count). The number of pyridine rings is 1. The molecule has 2 atom stereocenters. The van der Waals surface area contributed by atoms with E-state index in [0.717, 1.165) is 11.1 Å². The molecule has 1 fully saturated rings. The van der Waals surface area contributed by atoms with Gasteiger partial charge < -0.3 is 15.5 Å². The predicted octanol–water partition coefficient (Wildman–Crippen LogP) is 3.47. The summed E-state index contributed by atoms with van der Waals surface area (Å²) in [5.41, 5.74) is 4.11. The third-order valence-electron chi connectivity index (χ3n) is 5.50. The molecule has 0 radical (unpaired) electrons. The standard InChI is InChI=1S/C21H19F2N5O2/c1-11-7-12(2)15(25-19(29)16-10-24-17-5-3-4-6-28(16)17)8-13(11)18-26-20(30-27-18)14-9-21(14,22)23/h3-8,10,14,20H,9H2,1-2H3,(H,25,29)(H,26,27)/t14-,20?/m0/s1. The van der Waals surface area contributed by atoms with Gasteiger partial charge in [0.2, 0.25) is 6.23 Å². The number of hydrogen-bond acceptors (Lipinski definition) is 5. The Kier molecular flexibility index (Phi) is 4.02. The van der Waals surface area contributed by atoms with Crippen molar-refractivity contribution < 1.29 is 18.4 Å². The van der Waals surface area contributed by atoms with Gasteiger partial charge in [-0.15, -0.1) is 0 Å². The van der Waals surface area contributed by atoms with Crippen molar-refractivity contribution in [3.63, 3.8) is 0 Å². The number of aryl methyl sites for hydroxylation is 2. The molecule has 0 bridgehead atoms. The minimum atomic E-state index is -2.71. The lowest BCUT2D eigenvalue weighted by molar-refractivity contribution is 0.00812. The zero-order valence-corrected chi connectivity index (χ0v) is 16.3. The number of alkyl halides is 2. The van der Waals surface area contributed by atoms with Crippen molar-refractivity contribution >= 4 is 23.1 Å². The van der Waals surface area contributed by atoms with E-state index in [9.17, 15) is 13.6 Å². The zero-order chi connectivity index (χ0) is 21.0. The molecule has 2 N–H and O–H groups in total. The summed E-state index contributed by atoms with van der Waals surface area (Å²) in [6, 6.07) is 9.17. The number of hydrogen-bond donors (Lipinski definition) is 2. The fraction of sp³-hybridized carbons (Fsp3) is 0.286. The Morgan fingerprint density at radius 1 is 1.30 bits per heavy atom. The molecule has 0 saturated heterocycles. The van der Waals surface area contributed by atoms with Gasteiger partial charge in [-0.05, 0) is 43.2 Å². The summed E-state index contributed by atoms with van der Waals surface area (Å²) in [6.45, 7) is 3.77. The third kappa shape index (κ3) is 3.06. The van der Waals surface area contributed by atoms with Crippen LogP contribution in [0.3, 0.4) is 0 Å². The predicted molar refractivity (Wildman–Crippen MR) is 107 cm³/mol. The van der Waals surface area contributed by atoms with E-state index in [4.69, 9.17) is 4.84 Å². The number of anilines is 1. The van der Waals surface area contributed by atoms with Crippen LogP contribution in [0.15, 0.2) is 47.9 Å². The van der Waals surface area contributed by atoms with E-state index in [1.54, 1.807) is 16.7 Å². The molecule has 9 heteroatoms. The molecule has 0 spiro atoms. The first-order chi connectivity index (χ1) is 14.3. The van der Waals surface area contributed by atoms with Gasteiger partial charge in [0.1, 0.15) is 11.3 Å². The molecule has 30 heavy (non-hydrogen) atoms.